The first-order valence-corrected chi connectivity index (χ1v) is 5.28. The predicted molar refractivity (Wildman–Crippen MR) is 58.4 cm³/mol. The van der Waals surface area contributed by atoms with Crippen LogP contribution in [0.15, 0.2) is 42.5 Å². The van der Waals surface area contributed by atoms with Crippen LogP contribution >= 0.6 is 0 Å². The maximum atomic E-state index is 5.71. The van der Waals surface area contributed by atoms with Gasteiger partial charge in [0, 0.05) is 0 Å². The van der Waals surface area contributed by atoms with Crippen LogP contribution in [-0.2, 0) is 0 Å². The highest BCUT2D eigenvalue weighted by Crippen LogP contribution is 2.19. The van der Waals surface area contributed by atoms with E-state index in [2.05, 4.69) is 12.2 Å². The fourth-order valence-corrected chi connectivity index (χ4v) is 1.74. The molecule has 74 valence electrons. The van der Waals surface area contributed by atoms with Crippen LogP contribution in [-0.4, -0.2) is 6.61 Å². The van der Waals surface area contributed by atoms with Gasteiger partial charge in [-0.15, -0.1) is 0 Å². The quantitative estimate of drug-likeness (QED) is 0.660. The van der Waals surface area contributed by atoms with Crippen molar-refractivity contribution < 1.29 is 4.74 Å². The van der Waals surface area contributed by atoms with Crippen LogP contribution in [0, 0.1) is 5.92 Å². The SMILES string of the molecule is C1=CCC(COc2ccccc2)CC1. The van der Waals surface area contributed by atoms with E-state index in [0.717, 1.165) is 12.4 Å². The lowest BCUT2D eigenvalue weighted by Crippen LogP contribution is -2.13. The fraction of sp³-hybridized carbons (Fsp3) is 0.385. The van der Waals surface area contributed by atoms with Crippen molar-refractivity contribution in [2.24, 2.45) is 5.92 Å². The summed E-state index contributed by atoms with van der Waals surface area (Å²) in [5.41, 5.74) is 0. The van der Waals surface area contributed by atoms with E-state index in [-0.39, 0.29) is 0 Å². The monoisotopic (exact) mass is 188 g/mol. The largest absolute Gasteiger partial charge is 0.493 e. The Morgan fingerprint density at radius 3 is 2.71 bits per heavy atom. The summed E-state index contributed by atoms with van der Waals surface area (Å²) in [6.45, 7) is 0.856. The molecule has 1 aliphatic carbocycles. The summed E-state index contributed by atoms with van der Waals surface area (Å²) in [5.74, 6) is 1.70. The van der Waals surface area contributed by atoms with E-state index in [9.17, 15) is 0 Å². The second kappa shape index (κ2) is 4.85. The molecule has 0 saturated heterocycles. The average molecular weight is 188 g/mol. The van der Waals surface area contributed by atoms with Crippen molar-refractivity contribution in [3.05, 3.63) is 42.5 Å². The van der Waals surface area contributed by atoms with E-state index in [4.69, 9.17) is 4.74 Å². The minimum atomic E-state index is 0.709. The van der Waals surface area contributed by atoms with Gasteiger partial charge < -0.3 is 4.74 Å². The zero-order chi connectivity index (χ0) is 9.64. The van der Waals surface area contributed by atoms with Gasteiger partial charge in [0.05, 0.1) is 6.61 Å². The standard InChI is InChI=1S/C13H16O/c1-3-7-12(8-4-1)11-14-13-9-5-2-6-10-13/h1-3,5-6,9-10,12H,4,7-8,11H2. The Hall–Kier alpha value is -1.24. The molecule has 0 bridgehead atoms. The van der Waals surface area contributed by atoms with Crippen molar-refractivity contribution in [2.75, 3.05) is 6.61 Å². The Labute approximate surface area is 85.4 Å². The third-order valence-electron chi connectivity index (χ3n) is 2.61. The summed E-state index contributed by atoms with van der Waals surface area (Å²) in [7, 11) is 0. The van der Waals surface area contributed by atoms with Crippen LogP contribution in [0.25, 0.3) is 0 Å². The molecule has 0 fully saturated rings. The molecular formula is C13H16O. The van der Waals surface area contributed by atoms with Gasteiger partial charge in [-0.1, -0.05) is 30.4 Å². The predicted octanol–water partition coefficient (Wildman–Crippen LogP) is 3.42. The first-order chi connectivity index (χ1) is 6.95. The third kappa shape index (κ3) is 2.63. The molecule has 1 unspecified atom stereocenters. The van der Waals surface area contributed by atoms with Gasteiger partial charge in [0.2, 0.25) is 0 Å². The molecule has 0 N–H and O–H groups in total. The normalized spacial score (nSPS) is 20.7. The third-order valence-corrected chi connectivity index (χ3v) is 2.61. The fourth-order valence-electron chi connectivity index (χ4n) is 1.74. The van der Waals surface area contributed by atoms with Gasteiger partial charge >= 0.3 is 0 Å². The summed E-state index contributed by atoms with van der Waals surface area (Å²) >= 11 is 0. The molecule has 0 radical (unpaired) electrons. The Kier molecular flexibility index (Phi) is 3.23. The van der Waals surface area contributed by atoms with E-state index < -0.39 is 0 Å². The Balaban J connectivity index is 1.80. The van der Waals surface area contributed by atoms with Gasteiger partial charge in [0.15, 0.2) is 0 Å². The molecule has 0 aromatic heterocycles. The molecule has 0 amide bonds. The minimum absolute atomic E-state index is 0.709. The van der Waals surface area contributed by atoms with Crippen LogP contribution in [0.4, 0.5) is 0 Å². The van der Waals surface area contributed by atoms with Crippen molar-refractivity contribution in [1.82, 2.24) is 0 Å². The van der Waals surface area contributed by atoms with Crippen LogP contribution in [0.1, 0.15) is 19.3 Å². The molecule has 1 atom stereocenters. The molecule has 0 aliphatic heterocycles. The molecule has 1 aromatic rings. The lowest BCUT2D eigenvalue weighted by molar-refractivity contribution is 0.239. The first kappa shape index (κ1) is 9.32. The topological polar surface area (TPSA) is 9.23 Å². The van der Waals surface area contributed by atoms with Gasteiger partial charge in [-0.2, -0.15) is 0 Å². The molecule has 14 heavy (non-hydrogen) atoms. The number of ether oxygens (including phenoxy) is 1. The summed E-state index contributed by atoms with van der Waals surface area (Å²) < 4.78 is 5.71. The van der Waals surface area contributed by atoms with Gasteiger partial charge in [-0.05, 0) is 37.3 Å². The second-order valence-corrected chi connectivity index (χ2v) is 3.77. The smallest absolute Gasteiger partial charge is 0.119 e. The number of hydrogen-bond acceptors (Lipinski definition) is 1. The number of rotatable bonds is 3. The van der Waals surface area contributed by atoms with Crippen LogP contribution in [0.5, 0.6) is 5.75 Å². The first-order valence-electron chi connectivity index (χ1n) is 5.28. The Morgan fingerprint density at radius 2 is 2.00 bits per heavy atom. The zero-order valence-electron chi connectivity index (χ0n) is 8.36. The van der Waals surface area contributed by atoms with E-state index in [0.29, 0.717) is 5.92 Å². The second-order valence-electron chi connectivity index (χ2n) is 3.77. The van der Waals surface area contributed by atoms with Gasteiger partial charge in [-0.3, -0.25) is 0 Å². The summed E-state index contributed by atoms with van der Waals surface area (Å²) in [6, 6.07) is 10.1. The maximum Gasteiger partial charge on any atom is 0.119 e. The molecule has 1 heteroatoms. The lowest BCUT2D eigenvalue weighted by atomic mass is 9.95. The van der Waals surface area contributed by atoms with E-state index in [1.807, 2.05) is 30.3 Å². The van der Waals surface area contributed by atoms with Crippen LogP contribution < -0.4 is 4.74 Å². The highest BCUT2D eigenvalue weighted by molar-refractivity contribution is 5.20. The molecule has 0 heterocycles. The minimum Gasteiger partial charge on any atom is -0.493 e. The average Bonchev–Trinajstić information content (AvgIpc) is 2.29. The highest BCUT2D eigenvalue weighted by atomic mass is 16.5. The zero-order valence-corrected chi connectivity index (χ0v) is 8.36. The highest BCUT2D eigenvalue weighted by Gasteiger charge is 2.09. The summed E-state index contributed by atoms with van der Waals surface area (Å²) in [6.07, 6.45) is 8.18. The maximum absolute atomic E-state index is 5.71. The number of hydrogen-bond donors (Lipinski definition) is 0. The van der Waals surface area contributed by atoms with E-state index in [1.165, 1.54) is 19.3 Å². The van der Waals surface area contributed by atoms with Gasteiger partial charge in [0.1, 0.15) is 5.75 Å². The van der Waals surface area contributed by atoms with Crippen LogP contribution in [0.2, 0.25) is 0 Å². The van der Waals surface area contributed by atoms with Crippen molar-refractivity contribution in [2.45, 2.75) is 19.3 Å². The lowest BCUT2D eigenvalue weighted by Gasteiger charge is -2.18. The van der Waals surface area contributed by atoms with Gasteiger partial charge in [0.25, 0.3) is 0 Å². The summed E-state index contributed by atoms with van der Waals surface area (Å²) in [5, 5.41) is 0. The number of allylic oxidation sites excluding steroid dienone is 2. The van der Waals surface area contributed by atoms with Gasteiger partial charge in [-0.25, -0.2) is 0 Å². The molecule has 0 spiro atoms. The Morgan fingerprint density at radius 1 is 1.14 bits per heavy atom. The van der Waals surface area contributed by atoms with Crippen molar-refractivity contribution in [3.8, 4) is 5.75 Å². The Bertz CT molecular complexity index is 289. The number of benzene rings is 1. The van der Waals surface area contributed by atoms with Crippen molar-refractivity contribution in [3.63, 3.8) is 0 Å². The molecule has 1 aromatic carbocycles. The molecule has 2 rings (SSSR count). The summed E-state index contributed by atoms with van der Waals surface area (Å²) in [4.78, 5) is 0. The van der Waals surface area contributed by atoms with E-state index in [1.54, 1.807) is 0 Å². The molecule has 0 saturated carbocycles. The van der Waals surface area contributed by atoms with Crippen molar-refractivity contribution in [1.29, 1.82) is 0 Å². The molecule has 1 nitrogen and oxygen atoms in total. The van der Waals surface area contributed by atoms with Crippen molar-refractivity contribution >= 4 is 0 Å². The van der Waals surface area contributed by atoms with E-state index >= 15 is 0 Å². The number of para-hydroxylation sites is 1. The van der Waals surface area contributed by atoms with Crippen LogP contribution in [0.3, 0.4) is 0 Å². The molecular weight excluding hydrogens is 172 g/mol. The molecule has 1 aliphatic rings.